The van der Waals surface area contributed by atoms with Gasteiger partial charge in [0, 0.05) is 0 Å². The van der Waals surface area contributed by atoms with Crippen molar-refractivity contribution in [2.45, 2.75) is 105 Å². The summed E-state index contributed by atoms with van der Waals surface area (Å²) < 4.78 is 17.2. The molecular formula is C25H42O4. The van der Waals surface area contributed by atoms with Crippen molar-refractivity contribution < 1.29 is 19.0 Å². The SMILES string of the molecule is CCCCCC(C)COc1ccc(CC(=O)OC(C)OC(CCC)CCC)cc1. The van der Waals surface area contributed by atoms with Gasteiger partial charge in [0.1, 0.15) is 5.75 Å². The summed E-state index contributed by atoms with van der Waals surface area (Å²) in [6.45, 7) is 11.3. The first-order chi connectivity index (χ1) is 14.0. The maximum absolute atomic E-state index is 12.2. The zero-order valence-corrected chi connectivity index (χ0v) is 19.2. The summed E-state index contributed by atoms with van der Waals surface area (Å²) in [7, 11) is 0. The standard InChI is InChI=1S/C25H42O4/c1-6-9-10-13-20(4)19-27-23-16-14-22(15-17-23)18-25(26)29-21(5)28-24(11-7-2)12-8-3/h14-17,20-21,24H,6-13,18-19H2,1-5H3. The Bertz CT molecular complexity index is 534. The molecule has 166 valence electrons. The first kappa shape index (κ1) is 25.5. The molecule has 0 N–H and O–H groups in total. The highest BCUT2D eigenvalue weighted by atomic mass is 16.7. The van der Waals surface area contributed by atoms with E-state index in [1.165, 1.54) is 25.7 Å². The van der Waals surface area contributed by atoms with E-state index >= 15 is 0 Å². The van der Waals surface area contributed by atoms with Crippen LogP contribution in [0.3, 0.4) is 0 Å². The molecule has 0 radical (unpaired) electrons. The predicted octanol–water partition coefficient (Wildman–Crippen LogP) is 6.70. The molecule has 0 amide bonds. The average Bonchev–Trinajstić information content (AvgIpc) is 2.68. The molecule has 0 aliphatic rings. The van der Waals surface area contributed by atoms with Crippen LogP contribution in [0.25, 0.3) is 0 Å². The van der Waals surface area contributed by atoms with Crippen LogP contribution in [0.2, 0.25) is 0 Å². The molecule has 0 aliphatic heterocycles. The molecule has 1 rings (SSSR count). The number of rotatable bonds is 16. The molecular weight excluding hydrogens is 364 g/mol. The van der Waals surface area contributed by atoms with E-state index < -0.39 is 6.29 Å². The lowest BCUT2D eigenvalue weighted by Gasteiger charge is -2.21. The number of unbranched alkanes of at least 4 members (excludes halogenated alkanes) is 2. The van der Waals surface area contributed by atoms with Crippen molar-refractivity contribution in [1.29, 1.82) is 0 Å². The van der Waals surface area contributed by atoms with Gasteiger partial charge in [-0.15, -0.1) is 0 Å². The summed E-state index contributed by atoms with van der Waals surface area (Å²) in [5, 5.41) is 0. The van der Waals surface area contributed by atoms with E-state index in [2.05, 4.69) is 27.7 Å². The van der Waals surface area contributed by atoms with Crippen molar-refractivity contribution >= 4 is 5.97 Å². The van der Waals surface area contributed by atoms with Crippen LogP contribution in [0.1, 0.15) is 91.5 Å². The number of esters is 1. The van der Waals surface area contributed by atoms with E-state index in [1.807, 2.05) is 24.3 Å². The molecule has 0 bridgehead atoms. The zero-order chi connectivity index (χ0) is 21.5. The van der Waals surface area contributed by atoms with Crippen LogP contribution in [0.15, 0.2) is 24.3 Å². The predicted molar refractivity (Wildman–Crippen MR) is 119 cm³/mol. The molecule has 29 heavy (non-hydrogen) atoms. The maximum Gasteiger partial charge on any atom is 0.312 e. The Morgan fingerprint density at radius 3 is 2.14 bits per heavy atom. The summed E-state index contributed by atoms with van der Waals surface area (Å²) in [6, 6.07) is 7.72. The van der Waals surface area contributed by atoms with Gasteiger partial charge in [0.05, 0.1) is 19.1 Å². The van der Waals surface area contributed by atoms with E-state index in [9.17, 15) is 4.79 Å². The number of benzene rings is 1. The van der Waals surface area contributed by atoms with Crippen molar-refractivity contribution in [3.63, 3.8) is 0 Å². The summed E-state index contributed by atoms with van der Waals surface area (Å²) in [5.41, 5.74) is 0.921. The highest BCUT2D eigenvalue weighted by Crippen LogP contribution is 2.17. The molecule has 1 aromatic carbocycles. The Morgan fingerprint density at radius 2 is 1.55 bits per heavy atom. The van der Waals surface area contributed by atoms with Crippen molar-refractivity contribution in [1.82, 2.24) is 0 Å². The monoisotopic (exact) mass is 406 g/mol. The van der Waals surface area contributed by atoms with Crippen molar-refractivity contribution in [2.75, 3.05) is 6.61 Å². The largest absolute Gasteiger partial charge is 0.493 e. The third-order valence-electron chi connectivity index (χ3n) is 5.01. The molecule has 4 nitrogen and oxygen atoms in total. The van der Waals surface area contributed by atoms with Crippen molar-refractivity contribution in [3.8, 4) is 5.75 Å². The van der Waals surface area contributed by atoms with Crippen LogP contribution >= 0.6 is 0 Å². The normalized spacial score (nSPS) is 13.3. The lowest BCUT2D eigenvalue weighted by Crippen LogP contribution is -2.25. The highest BCUT2D eigenvalue weighted by Gasteiger charge is 2.16. The van der Waals surface area contributed by atoms with Gasteiger partial charge in [-0.3, -0.25) is 4.79 Å². The molecule has 4 heteroatoms. The van der Waals surface area contributed by atoms with Gasteiger partial charge in [0.25, 0.3) is 0 Å². The minimum absolute atomic E-state index is 0.161. The fourth-order valence-corrected chi connectivity index (χ4v) is 3.38. The van der Waals surface area contributed by atoms with Gasteiger partial charge in [-0.05, 0) is 49.8 Å². The van der Waals surface area contributed by atoms with Crippen LogP contribution in [0.5, 0.6) is 5.75 Å². The topological polar surface area (TPSA) is 44.8 Å². The fourth-order valence-electron chi connectivity index (χ4n) is 3.38. The van der Waals surface area contributed by atoms with Gasteiger partial charge in [0.15, 0.2) is 6.29 Å². The van der Waals surface area contributed by atoms with E-state index in [-0.39, 0.29) is 18.5 Å². The molecule has 0 heterocycles. The Morgan fingerprint density at radius 1 is 0.897 bits per heavy atom. The molecule has 0 fully saturated rings. The summed E-state index contributed by atoms with van der Waals surface area (Å²) in [5.74, 6) is 1.15. The average molecular weight is 407 g/mol. The van der Waals surface area contributed by atoms with Gasteiger partial charge < -0.3 is 14.2 Å². The first-order valence-corrected chi connectivity index (χ1v) is 11.5. The Balaban J connectivity index is 2.37. The summed E-state index contributed by atoms with van der Waals surface area (Å²) in [6.07, 6.45) is 9.02. The smallest absolute Gasteiger partial charge is 0.312 e. The van der Waals surface area contributed by atoms with Crippen molar-refractivity contribution in [2.24, 2.45) is 5.92 Å². The van der Waals surface area contributed by atoms with Crippen LogP contribution in [-0.2, 0) is 20.7 Å². The Labute approximate surface area is 178 Å². The second-order valence-electron chi connectivity index (χ2n) is 8.13. The van der Waals surface area contributed by atoms with E-state index in [4.69, 9.17) is 14.2 Å². The molecule has 2 unspecified atom stereocenters. The molecule has 2 atom stereocenters. The minimum atomic E-state index is -0.512. The zero-order valence-electron chi connectivity index (χ0n) is 19.2. The number of carbonyl (C=O) groups excluding carboxylic acids is 1. The molecule has 0 aromatic heterocycles. The van der Waals surface area contributed by atoms with E-state index in [0.717, 1.165) is 43.6 Å². The summed E-state index contributed by atoms with van der Waals surface area (Å²) >= 11 is 0. The maximum atomic E-state index is 12.2. The third kappa shape index (κ3) is 11.9. The minimum Gasteiger partial charge on any atom is -0.493 e. The second kappa shape index (κ2) is 15.3. The van der Waals surface area contributed by atoms with Crippen LogP contribution < -0.4 is 4.74 Å². The number of hydrogen-bond acceptors (Lipinski definition) is 4. The quantitative estimate of drug-likeness (QED) is 0.174. The molecule has 1 aromatic rings. The third-order valence-corrected chi connectivity index (χ3v) is 5.01. The van der Waals surface area contributed by atoms with E-state index in [0.29, 0.717) is 5.92 Å². The molecule has 0 saturated carbocycles. The van der Waals surface area contributed by atoms with E-state index in [1.54, 1.807) is 6.92 Å². The highest BCUT2D eigenvalue weighted by molar-refractivity contribution is 5.72. The molecule has 0 saturated heterocycles. The lowest BCUT2D eigenvalue weighted by atomic mass is 10.0. The van der Waals surface area contributed by atoms with Gasteiger partial charge in [0.2, 0.25) is 0 Å². The number of ether oxygens (including phenoxy) is 3. The summed E-state index contributed by atoms with van der Waals surface area (Å²) in [4.78, 5) is 12.2. The Hall–Kier alpha value is -1.55. The van der Waals surface area contributed by atoms with Gasteiger partial charge in [-0.2, -0.15) is 0 Å². The van der Waals surface area contributed by atoms with Gasteiger partial charge >= 0.3 is 5.97 Å². The van der Waals surface area contributed by atoms with Crippen LogP contribution in [0.4, 0.5) is 0 Å². The first-order valence-electron chi connectivity index (χ1n) is 11.5. The number of hydrogen-bond donors (Lipinski definition) is 0. The molecule has 0 spiro atoms. The number of carbonyl (C=O) groups is 1. The lowest BCUT2D eigenvalue weighted by molar-refractivity contribution is -0.185. The second-order valence-corrected chi connectivity index (χ2v) is 8.13. The van der Waals surface area contributed by atoms with Crippen LogP contribution in [0, 0.1) is 5.92 Å². The van der Waals surface area contributed by atoms with Gasteiger partial charge in [-0.25, -0.2) is 0 Å². The van der Waals surface area contributed by atoms with Gasteiger partial charge in [-0.1, -0.05) is 71.9 Å². The van der Waals surface area contributed by atoms with Crippen LogP contribution in [-0.4, -0.2) is 25.0 Å². The fraction of sp³-hybridized carbons (Fsp3) is 0.720. The Kier molecular flexibility index (Phi) is 13.5. The molecule has 0 aliphatic carbocycles. The van der Waals surface area contributed by atoms with Crippen molar-refractivity contribution in [3.05, 3.63) is 29.8 Å².